The van der Waals surface area contributed by atoms with Crippen molar-refractivity contribution < 1.29 is 4.79 Å². The number of nitrogens with zero attached hydrogens (tertiary/aromatic N) is 2. The molecule has 0 aliphatic carbocycles. The molecule has 1 amide bonds. The Morgan fingerprint density at radius 2 is 2.14 bits per heavy atom. The summed E-state index contributed by atoms with van der Waals surface area (Å²) in [6.07, 6.45) is 3.88. The second-order valence-corrected chi connectivity index (χ2v) is 7.24. The van der Waals surface area contributed by atoms with E-state index in [-0.39, 0.29) is 5.91 Å². The van der Waals surface area contributed by atoms with Crippen molar-refractivity contribution in [3.63, 3.8) is 0 Å². The van der Waals surface area contributed by atoms with Crippen molar-refractivity contribution in [3.8, 4) is 10.6 Å². The van der Waals surface area contributed by atoms with Crippen molar-refractivity contribution in [1.29, 1.82) is 0 Å². The first-order valence-corrected chi connectivity index (χ1v) is 8.96. The fourth-order valence-electron chi connectivity index (χ4n) is 2.43. The quantitative estimate of drug-likeness (QED) is 0.937. The molecule has 112 valence electrons. The third kappa shape index (κ3) is 3.63. The maximum absolute atomic E-state index is 10.9. The van der Waals surface area contributed by atoms with E-state index in [9.17, 15) is 4.79 Å². The van der Waals surface area contributed by atoms with Gasteiger partial charge in [0.05, 0.1) is 17.1 Å². The minimum absolute atomic E-state index is 0.00555. The van der Waals surface area contributed by atoms with Gasteiger partial charge in [-0.3, -0.25) is 4.79 Å². The Bertz CT molecular complexity index is 614. The van der Waals surface area contributed by atoms with E-state index in [1.165, 1.54) is 24.1 Å². The number of nitrogens with one attached hydrogen (secondary N) is 1. The summed E-state index contributed by atoms with van der Waals surface area (Å²) < 4.78 is 0. The number of aromatic nitrogens is 1. The van der Waals surface area contributed by atoms with E-state index < -0.39 is 0 Å². The second-order valence-electron chi connectivity index (χ2n) is 5.24. The predicted molar refractivity (Wildman–Crippen MR) is 89.0 cm³/mol. The van der Waals surface area contributed by atoms with Gasteiger partial charge in [0, 0.05) is 30.3 Å². The lowest BCUT2D eigenvalue weighted by molar-refractivity contribution is -0.119. The SMILES string of the molecule is CC(=O)NCc1ccc(-c2csc(N3CCCCC3)n2)s1. The highest BCUT2D eigenvalue weighted by molar-refractivity contribution is 7.17. The number of carbonyl (C=O) groups excluding carboxylic acids is 1. The fourth-order valence-corrected chi connectivity index (χ4v) is 4.29. The molecule has 0 bridgehead atoms. The number of carbonyl (C=O) groups is 1. The summed E-state index contributed by atoms with van der Waals surface area (Å²) in [5, 5.41) is 6.11. The van der Waals surface area contributed by atoms with Crippen molar-refractivity contribution in [2.45, 2.75) is 32.7 Å². The lowest BCUT2D eigenvalue weighted by Gasteiger charge is -2.25. The van der Waals surface area contributed by atoms with E-state index >= 15 is 0 Å². The van der Waals surface area contributed by atoms with E-state index in [0.29, 0.717) is 6.54 Å². The predicted octanol–water partition coefficient (Wildman–Crippen LogP) is 3.50. The average molecular weight is 321 g/mol. The van der Waals surface area contributed by atoms with Crippen LogP contribution in [0.15, 0.2) is 17.5 Å². The van der Waals surface area contributed by atoms with Crippen molar-refractivity contribution in [2.75, 3.05) is 18.0 Å². The number of amides is 1. The summed E-state index contributed by atoms with van der Waals surface area (Å²) in [4.78, 5) is 20.5. The topological polar surface area (TPSA) is 45.2 Å². The van der Waals surface area contributed by atoms with Crippen LogP contribution in [0, 0.1) is 0 Å². The Balaban J connectivity index is 1.69. The van der Waals surface area contributed by atoms with Gasteiger partial charge in [-0.05, 0) is 31.4 Å². The number of anilines is 1. The Kier molecular flexibility index (Phi) is 4.55. The maximum atomic E-state index is 10.9. The normalized spacial score (nSPS) is 15.2. The van der Waals surface area contributed by atoms with Gasteiger partial charge in [-0.25, -0.2) is 4.98 Å². The monoisotopic (exact) mass is 321 g/mol. The first-order chi connectivity index (χ1) is 10.2. The molecule has 3 rings (SSSR count). The molecule has 1 N–H and O–H groups in total. The lowest BCUT2D eigenvalue weighted by atomic mass is 10.1. The van der Waals surface area contributed by atoms with Crippen LogP contribution in [0.2, 0.25) is 0 Å². The Morgan fingerprint density at radius 1 is 1.33 bits per heavy atom. The number of thiophene rings is 1. The standard InChI is InChI=1S/C15H19N3OS2/c1-11(19)16-9-12-5-6-14(21-12)13-10-20-15(17-13)18-7-3-2-4-8-18/h5-6,10H,2-4,7-9H2,1H3,(H,16,19). The van der Waals surface area contributed by atoms with Gasteiger partial charge in [0.25, 0.3) is 0 Å². The van der Waals surface area contributed by atoms with Gasteiger partial charge in [-0.15, -0.1) is 22.7 Å². The van der Waals surface area contributed by atoms with Crippen LogP contribution >= 0.6 is 22.7 Å². The molecule has 1 fully saturated rings. The van der Waals surface area contributed by atoms with E-state index in [0.717, 1.165) is 28.8 Å². The smallest absolute Gasteiger partial charge is 0.217 e. The first-order valence-electron chi connectivity index (χ1n) is 7.26. The number of hydrogen-bond donors (Lipinski definition) is 1. The van der Waals surface area contributed by atoms with Crippen LogP contribution in [0.1, 0.15) is 31.1 Å². The first kappa shape index (κ1) is 14.5. The fraction of sp³-hybridized carbons (Fsp3) is 0.467. The maximum Gasteiger partial charge on any atom is 0.217 e. The largest absolute Gasteiger partial charge is 0.351 e. The van der Waals surface area contributed by atoms with Crippen LogP contribution in [-0.2, 0) is 11.3 Å². The molecule has 4 nitrogen and oxygen atoms in total. The molecule has 0 radical (unpaired) electrons. The summed E-state index contributed by atoms with van der Waals surface area (Å²) >= 11 is 3.43. The van der Waals surface area contributed by atoms with Crippen LogP contribution in [0.25, 0.3) is 10.6 Å². The zero-order valence-corrected chi connectivity index (χ0v) is 13.7. The van der Waals surface area contributed by atoms with Crippen LogP contribution in [-0.4, -0.2) is 24.0 Å². The van der Waals surface area contributed by atoms with Crippen molar-refractivity contribution in [2.24, 2.45) is 0 Å². The van der Waals surface area contributed by atoms with Crippen LogP contribution in [0.3, 0.4) is 0 Å². The van der Waals surface area contributed by atoms with Crippen molar-refractivity contribution >= 4 is 33.7 Å². The Morgan fingerprint density at radius 3 is 2.90 bits per heavy atom. The van der Waals surface area contributed by atoms with Crippen LogP contribution < -0.4 is 10.2 Å². The molecule has 1 aliphatic heterocycles. The summed E-state index contributed by atoms with van der Waals surface area (Å²) in [5.74, 6) is 0.00555. The molecule has 2 aromatic heterocycles. The molecule has 21 heavy (non-hydrogen) atoms. The van der Waals surface area contributed by atoms with E-state index in [4.69, 9.17) is 4.98 Å². The molecular formula is C15H19N3OS2. The van der Waals surface area contributed by atoms with Crippen molar-refractivity contribution in [3.05, 3.63) is 22.4 Å². The Labute approximate surface area is 132 Å². The molecule has 1 saturated heterocycles. The molecule has 1 aliphatic rings. The highest BCUT2D eigenvalue weighted by atomic mass is 32.1. The molecule has 2 aromatic rings. The average Bonchev–Trinajstić information content (AvgIpc) is 3.15. The van der Waals surface area contributed by atoms with Gasteiger partial charge in [0.15, 0.2) is 5.13 Å². The third-order valence-electron chi connectivity index (χ3n) is 3.54. The Hall–Kier alpha value is -1.40. The summed E-state index contributed by atoms with van der Waals surface area (Å²) in [6, 6.07) is 4.16. The molecule has 3 heterocycles. The molecule has 0 atom stereocenters. The van der Waals surface area contributed by atoms with Gasteiger partial charge in [-0.2, -0.15) is 0 Å². The molecule has 0 saturated carbocycles. The van der Waals surface area contributed by atoms with E-state index in [1.54, 1.807) is 29.6 Å². The lowest BCUT2D eigenvalue weighted by Crippen LogP contribution is -2.29. The number of piperidine rings is 1. The van der Waals surface area contributed by atoms with Crippen molar-refractivity contribution in [1.82, 2.24) is 10.3 Å². The highest BCUT2D eigenvalue weighted by Gasteiger charge is 2.15. The summed E-state index contributed by atoms with van der Waals surface area (Å²) in [6.45, 7) is 4.40. The molecular weight excluding hydrogens is 302 g/mol. The zero-order chi connectivity index (χ0) is 14.7. The van der Waals surface area contributed by atoms with E-state index in [1.807, 2.05) is 0 Å². The van der Waals surface area contributed by atoms with Gasteiger partial charge in [0.1, 0.15) is 0 Å². The number of hydrogen-bond acceptors (Lipinski definition) is 5. The molecule has 0 aromatic carbocycles. The molecule has 0 unspecified atom stereocenters. The van der Waals surface area contributed by atoms with Gasteiger partial charge >= 0.3 is 0 Å². The second kappa shape index (κ2) is 6.58. The number of thiazole rings is 1. The molecule has 6 heteroatoms. The van der Waals surface area contributed by atoms with E-state index in [2.05, 4.69) is 27.7 Å². The number of rotatable bonds is 4. The van der Waals surface area contributed by atoms with Gasteiger partial charge in [-0.1, -0.05) is 0 Å². The summed E-state index contributed by atoms with van der Waals surface area (Å²) in [5.41, 5.74) is 1.06. The highest BCUT2D eigenvalue weighted by Crippen LogP contribution is 2.33. The minimum Gasteiger partial charge on any atom is -0.351 e. The van der Waals surface area contributed by atoms with Gasteiger partial charge < -0.3 is 10.2 Å². The van der Waals surface area contributed by atoms with Crippen LogP contribution in [0.5, 0.6) is 0 Å². The van der Waals surface area contributed by atoms with Crippen LogP contribution in [0.4, 0.5) is 5.13 Å². The van der Waals surface area contributed by atoms with Gasteiger partial charge in [0.2, 0.25) is 5.91 Å². The minimum atomic E-state index is 0.00555. The zero-order valence-electron chi connectivity index (χ0n) is 12.1. The third-order valence-corrected chi connectivity index (χ3v) is 5.55. The molecule has 0 spiro atoms. The summed E-state index contributed by atoms with van der Waals surface area (Å²) in [7, 11) is 0.